The van der Waals surface area contributed by atoms with Gasteiger partial charge >= 0.3 is 0 Å². The molecule has 50 heavy (non-hydrogen) atoms. The Hall–Kier alpha value is -4.56. The fourth-order valence-electron chi connectivity index (χ4n) is 9.88. The molecule has 4 aromatic rings. The predicted octanol–water partition coefficient (Wildman–Crippen LogP) is 8.07. The Kier molecular flexibility index (Phi) is 7.68. The van der Waals surface area contributed by atoms with Gasteiger partial charge in [-0.2, -0.15) is 0 Å². The highest BCUT2D eigenvalue weighted by Gasteiger charge is 2.80. The number of ketones is 3. The second kappa shape index (κ2) is 11.8. The van der Waals surface area contributed by atoms with Gasteiger partial charge in [-0.1, -0.05) is 94.4 Å². The molecule has 0 spiro atoms. The van der Waals surface area contributed by atoms with E-state index in [4.69, 9.17) is 18.7 Å². The Bertz CT molecular complexity index is 2000. The zero-order valence-corrected chi connectivity index (χ0v) is 29.3. The summed E-state index contributed by atoms with van der Waals surface area (Å²) in [5.41, 5.74) is 0.587. The highest BCUT2D eigenvalue weighted by atomic mass is 16.5. The van der Waals surface area contributed by atoms with Gasteiger partial charge in [0.05, 0.1) is 5.56 Å². The van der Waals surface area contributed by atoms with E-state index in [9.17, 15) is 4.79 Å². The maximum Gasteiger partial charge on any atom is 0.265 e. The molecule has 0 radical (unpaired) electrons. The second-order valence-corrected chi connectivity index (χ2v) is 15.3. The third kappa shape index (κ3) is 4.33. The largest absolute Gasteiger partial charge is 0.488 e. The number of carbonyl (C=O) groups excluding carboxylic acids is 3. The fourth-order valence-corrected chi connectivity index (χ4v) is 9.88. The van der Waals surface area contributed by atoms with Crippen LogP contribution in [0.25, 0.3) is 0 Å². The van der Waals surface area contributed by atoms with Crippen molar-refractivity contribution >= 4 is 17.3 Å². The number of methoxy groups -OCH3 is 1. The molecule has 4 aliphatic rings. The molecule has 8 nitrogen and oxygen atoms in total. The first kappa shape index (κ1) is 32.6. The van der Waals surface area contributed by atoms with E-state index in [0.717, 1.165) is 22.3 Å². The first-order chi connectivity index (χ1) is 24.1. The number of Topliss-reactive ketones (excluding diaryl/α,β-unsaturated/α-hetero) is 3. The number of hydrogen-bond donors (Lipinski definition) is 0. The number of fused-ring (bicyclic) bond motifs is 3. The smallest absolute Gasteiger partial charge is 0.265 e. The van der Waals surface area contributed by atoms with Crippen molar-refractivity contribution in [3.05, 3.63) is 112 Å². The molecule has 3 aromatic carbocycles. The van der Waals surface area contributed by atoms with Crippen LogP contribution in [0.4, 0.5) is 0 Å². The molecular weight excluding hydrogens is 630 g/mol. The molecule has 0 bridgehead atoms. The summed E-state index contributed by atoms with van der Waals surface area (Å²) in [6, 6.07) is 23.4. The predicted molar refractivity (Wildman–Crippen MR) is 185 cm³/mol. The molecule has 2 fully saturated rings. The lowest BCUT2D eigenvalue weighted by molar-refractivity contribution is -0.196. The van der Waals surface area contributed by atoms with E-state index in [-0.39, 0.29) is 48.2 Å². The van der Waals surface area contributed by atoms with E-state index >= 15 is 9.59 Å². The summed E-state index contributed by atoms with van der Waals surface area (Å²) in [4.78, 5) is 45.8. The standard InChI is InChI=1S/C42H43NO7/c1-24(2)28-16-17-31(48-22-26-12-8-6-9-13-26)33-29(28)20-40-18-19-41(40,36(33)44)39(46)42(47-5)30(21-40)32(25(3)4)35-34(37(42)45)38(43-50-35)49-23-27-14-10-7-11-15-27/h6-17,24-25,30,32H,18-23H2,1-5H3. The summed E-state index contributed by atoms with van der Waals surface area (Å²) in [5.74, 6) is -1.03. The first-order valence-electron chi connectivity index (χ1n) is 17.8. The van der Waals surface area contributed by atoms with Gasteiger partial charge < -0.3 is 18.7 Å². The molecule has 2 saturated carbocycles. The first-order valence-corrected chi connectivity index (χ1v) is 17.8. The van der Waals surface area contributed by atoms with E-state index in [1.54, 1.807) is 0 Å². The third-order valence-electron chi connectivity index (χ3n) is 12.3. The Morgan fingerprint density at radius 3 is 2.06 bits per heavy atom. The second-order valence-electron chi connectivity index (χ2n) is 15.3. The summed E-state index contributed by atoms with van der Waals surface area (Å²) >= 11 is 0. The number of nitrogens with zero attached hydrogens (tertiary/aromatic N) is 1. The molecule has 1 aromatic heterocycles. The van der Waals surface area contributed by atoms with Gasteiger partial charge in [0.15, 0.2) is 22.9 Å². The lowest BCUT2D eigenvalue weighted by Gasteiger charge is -2.68. The highest BCUT2D eigenvalue weighted by Crippen LogP contribution is 2.73. The molecule has 0 saturated heterocycles. The monoisotopic (exact) mass is 673 g/mol. The third-order valence-corrected chi connectivity index (χ3v) is 12.3. The zero-order chi connectivity index (χ0) is 35.0. The minimum absolute atomic E-state index is 0.0242. The Balaban J connectivity index is 1.25. The molecule has 5 atom stereocenters. The average Bonchev–Trinajstić information content (AvgIpc) is 3.52. The maximum absolute atomic E-state index is 15.6. The topological polar surface area (TPSA) is 105 Å². The van der Waals surface area contributed by atoms with Crippen LogP contribution < -0.4 is 9.47 Å². The average molecular weight is 674 g/mol. The Morgan fingerprint density at radius 1 is 0.820 bits per heavy atom. The van der Waals surface area contributed by atoms with Crippen LogP contribution in [0, 0.1) is 22.7 Å². The quantitative estimate of drug-likeness (QED) is 0.164. The van der Waals surface area contributed by atoms with E-state index in [1.807, 2.05) is 66.7 Å². The molecule has 0 N–H and O–H groups in total. The number of rotatable bonds is 9. The molecule has 4 aliphatic carbocycles. The van der Waals surface area contributed by atoms with Crippen LogP contribution >= 0.6 is 0 Å². The van der Waals surface area contributed by atoms with E-state index in [1.165, 1.54) is 7.11 Å². The van der Waals surface area contributed by atoms with Gasteiger partial charge in [-0.15, -0.1) is 0 Å². The lowest BCUT2D eigenvalue weighted by atomic mass is 9.33. The van der Waals surface area contributed by atoms with Crippen molar-refractivity contribution in [2.75, 3.05) is 7.11 Å². The molecule has 258 valence electrons. The highest BCUT2D eigenvalue weighted by molar-refractivity contribution is 6.30. The number of ether oxygens (including phenoxy) is 3. The van der Waals surface area contributed by atoms with Crippen molar-refractivity contribution in [3.63, 3.8) is 0 Å². The van der Waals surface area contributed by atoms with Crippen LogP contribution in [0.5, 0.6) is 11.6 Å². The van der Waals surface area contributed by atoms with Gasteiger partial charge in [0, 0.05) is 18.9 Å². The van der Waals surface area contributed by atoms with Crippen LogP contribution in [0.15, 0.2) is 77.3 Å². The molecule has 0 amide bonds. The van der Waals surface area contributed by atoms with Crippen LogP contribution in [0.1, 0.15) is 108 Å². The van der Waals surface area contributed by atoms with Crippen LogP contribution in [-0.4, -0.2) is 35.2 Å². The van der Waals surface area contributed by atoms with Crippen molar-refractivity contribution in [2.24, 2.45) is 22.7 Å². The molecule has 1 heterocycles. The van der Waals surface area contributed by atoms with Crippen molar-refractivity contribution in [1.82, 2.24) is 5.16 Å². The van der Waals surface area contributed by atoms with Gasteiger partial charge in [0.1, 0.15) is 29.9 Å². The van der Waals surface area contributed by atoms with E-state index in [2.05, 4.69) is 38.9 Å². The summed E-state index contributed by atoms with van der Waals surface area (Å²) < 4.78 is 24.7. The van der Waals surface area contributed by atoms with Gasteiger partial charge in [-0.05, 0) is 76.4 Å². The van der Waals surface area contributed by atoms with Crippen LogP contribution in [0.2, 0.25) is 0 Å². The zero-order valence-electron chi connectivity index (χ0n) is 29.3. The Labute approximate surface area is 292 Å². The van der Waals surface area contributed by atoms with Gasteiger partial charge in [0.2, 0.25) is 5.78 Å². The Morgan fingerprint density at radius 2 is 1.48 bits per heavy atom. The number of benzene rings is 3. The van der Waals surface area contributed by atoms with E-state index < -0.39 is 33.9 Å². The SMILES string of the molecule is COC12C(=O)c3c(OCc4ccccc4)noc3C(C(C)C)C1CC13CCC1(C(=O)c1c(OCc4ccccc4)ccc(C(C)C)c1C3)C2=O. The summed E-state index contributed by atoms with van der Waals surface area (Å²) in [6.45, 7) is 8.85. The minimum Gasteiger partial charge on any atom is -0.488 e. The molecular formula is C42H43NO7. The molecule has 5 unspecified atom stereocenters. The van der Waals surface area contributed by atoms with Crippen molar-refractivity contribution < 1.29 is 33.1 Å². The minimum atomic E-state index is -1.89. The number of hydrogen-bond acceptors (Lipinski definition) is 8. The molecule has 8 heteroatoms. The van der Waals surface area contributed by atoms with Crippen molar-refractivity contribution in [2.45, 2.75) is 84.0 Å². The van der Waals surface area contributed by atoms with Gasteiger partial charge in [-0.3, -0.25) is 14.4 Å². The van der Waals surface area contributed by atoms with Crippen LogP contribution in [-0.2, 0) is 29.2 Å². The summed E-state index contributed by atoms with van der Waals surface area (Å²) in [7, 11) is 1.43. The summed E-state index contributed by atoms with van der Waals surface area (Å²) in [5, 5.41) is 4.25. The van der Waals surface area contributed by atoms with E-state index in [0.29, 0.717) is 42.8 Å². The normalized spacial score (nSPS) is 27.9. The summed E-state index contributed by atoms with van der Waals surface area (Å²) in [6.07, 6.45) is 2.10. The molecule has 8 rings (SSSR count). The van der Waals surface area contributed by atoms with Crippen molar-refractivity contribution in [3.8, 4) is 11.6 Å². The van der Waals surface area contributed by atoms with Gasteiger partial charge in [0.25, 0.3) is 5.88 Å². The number of aromatic nitrogens is 1. The van der Waals surface area contributed by atoms with Crippen molar-refractivity contribution in [1.29, 1.82) is 0 Å². The number of carbonyl (C=O) groups is 3. The fraction of sp³-hybridized carbons (Fsp3) is 0.429. The van der Waals surface area contributed by atoms with Crippen LogP contribution in [0.3, 0.4) is 0 Å². The van der Waals surface area contributed by atoms with Gasteiger partial charge in [-0.25, -0.2) is 0 Å². The molecule has 0 aliphatic heterocycles. The lowest BCUT2D eigenvalue weighted by Crippen LogP contribution is -2.77. The maximum atomic E-state index is 15.6.